The van der Waals surface area contributed by atoms with Crippen LogP contribution in [0.5, 0.6) is 0 Å². The fourth-order valence-electron chi connectivity index (χ4n) is 0.986. The molecule has 0 aromatic rings. The van der Waals surface area contributed by atoms with Crippen LogP contribution in [0.25, 0.3) is 0 Å². The average molecular weight is 174 g/mol. The predicted octanol–water partition coefficient (Wildman–Crippen LogP) is 0.787. The molecule has 2 nitrogen and oxygen atoms in total. The highest BCUT2D eigenvalue weighted by Crippen LogP contribution is 1.84. The molecule has 0 spiro atoms. The maximum absolute atomic E-state index is 3.55. The summed E-state index contributed by atoms with van der Waals surface area (Å²) >= 11 is 0. The molecule has 0 heterocycles. The molecule has 0 amide bonds. The van der Waals surface area contributed by atoms with Crippen LogP contribution in [-0.4, -0.2) is 34.3 Å². The molecule has 3 heteroatoms. The summed E-state index contributed by atoms with van der Waals surface area (Å²) < 4.78 is 0. The summed E-state index contributed by atoms with van der Waals surface area (Å²) in [6.45, 7) is 10.1. The van der Waals surface area contributed by atoms with Gasteiger partial charge in [-0.3, -0.25) is 4.90 Å². The highest BCUT2D eigenvalue weighted by molar-refractivity contribution is 6.31. The Hall–Kier alpha value is 0.137. The molecule has 0 atom stereocenters. The maximum atomic E-state index is 3.55. The largest absolute Gasteiger partial charge is 0.331 e. The lowest BCUT2D eigenvalue weighted by molar-refractivity contribution is 0.301. The van der Waals surface area contributed by atoms with Crippen LogP contribution < -0.4 is 4.98 Å². The Kier molecular flexibility index (Phi) is 8.34. The summed E-state index contributed by atoms with van der Waals surface area (Å²) in [5.41, 5.74) is 0. The topological polar surface area (TPSA) is 15.3 Å². The van der Waals surface area contributed by atoms with Gasteiger partial charge >= 0.3 is 0 Å². The fourth-order valence-corrected chi connectivity index (χ4v) is 2.06. The van der Waals surface area contributed by atoms with Crippen molar-refractivity contribution in [2.75, 3.05) is 19.8 Å². The van der Waals surface area contributed by atoms with Gasteiger partial charge in [-0.05, 0) is 13.1 Å². The third kappa shape index (κ3) is 6.53. The predicted molar refractivity (Wildman–Crippen MR) is 54.6 cm³/mol. The fraction of sp³-hybridized carbons (Fsp3) is 1.00. The number of nitrogens with zero attached hydrogens (tertiary/aromatic N) is 1. The molecule has 0 aliphatic rings. The molecule has 1 N–H and O–H groups in total. The number of hydrogen-bond donors (Lipinski definition) is 1. The molecule has 0 radical (unpaired) electrons. The van der Waals surface area contributed by atoms with Crippen molar-refractivity contribution < 1.29 is 0 Å². The van der Waals surface area contributed by atoms with Gasteiger partial charge < -0.3 is 4.98 Å². The van der Waals surface area contributed by atoms with Crippen molar-refractivity contribution in [1.82, 2.24) is 9.88 Å². The van der Waals surface area contributed by atoms with Gasteiger partial charge in [-0.15, -0.1) is 0 Å². The smallest absolute Gasteiger partial charge is 0.0930 e. The first-order chi connectivity index (χ1) is 5.35. The molecular formula is C8H22N2Si. The maximum Gasteiger partial charge on any atom is 0.0930 e. The summed E-state index contributed by atoms with van der Waals surface area (Å²) in [5.74, 6) is 0. The Morgan fingerprint density at radius 2 is 1.82 bits per heavy atom. The van der Waals surface area contributed by atoms with Gasteiger partial charge in [-0.2, -0.15) is 0 Å². The van der Waals surface area contributed by atoms with Gasteiger partial charge in [-0.1, -0.05) is 33.2 Å². The Balaban J connectivity index is 3.07. The quantitative estimate of drug-likeness (QED) is 0.349. The minimum atomic E-state index is 0.0582. The second-order valence-electron chi connectivity index (χ2n) is 2.81. The third-order valence-corrected chi connectivity index (χ3v) is 3.57. The van der Waals surface area contributed by atoms with E-state index in [4.69, 9.17) is 0 Å². The SMILES string of the molecule is CCC[SiH2]NCN(CC)CC. The molecule has 0 bridgehead atoms. The van der Waals surface area contributed by atoms with Crippen LogP contribution in [0.2, 0.25) is 6.04 Å². The summed E-state index contributed by atoms with van der Waals surface area (Å²) in [4.78, 5) is 5.97. The lowest BCUT2D eigenvalue weighted by atomic mass is 10.6. The molecule has 68 valence electrons. The van der Waals surface area contributed by atoms with E-state index in [1.165, 1.54) is 25.6 Å². The van der Waals surface area contributed by atoms with E-state index in [1.807, 2.05) is 0 Å². The molecule has 0 aromatic carbocycles. The molecule has 0 saturated carbocycles. The molecule has 0 saturated heterocycles. The zero-order chi connectivity index (χ0) is 8.53. The standard InChI is InChI=1S/C8H22N2Si/c1-4-7-11-9-8-10(5-2)6-3/h9H,4-8,11H2,1-3H3. The van der Waals surface area contributed by atoms with Crippen LogP contribution in [0, 0.1) is 0 Å². The molecule has 0 unspecified atom stereocenters. The van der Waals surface area contributed by atoms with E-state index < -0.39 is 0 Å². The molecule has 0 aliphatic carbocycles. The normalized spacial score (nSPS) is 12.0. The molecule has 0 fully saturated rings. The minimum Gasteiger partial charge on any atom is -0.331 e. The highest BCUT2D eigenvalue weighted by Gasteiger charge is 1.95. The van der Waals surface area contributed by atoms with Crippen LogP contribution >= 0.6 is 0 Å². The Bertz CT molecular complexity index is 74.5. The molecular weight excluding hydrogens is 152 g/mol. The second kappa shape index (κ2) is 8.24. The first kappa shape index (κ1) is 11.1. The zero-order valence-electron chi connectivity index (χ0n) is 8.19. The van der Waals surface area contributed by atoms with E-state index in [-0.39, 0.29) is 9.68 Å². The van der Waals surface area contributed by atoms with Crippen molar-refractivity contribution >= 4 is 9.68 Å². The Labute approximate surface area is 73.3 Å². The summed E-state index contributed by atoms with van der Waals surface area (Å²) in [6, 6.07) is 1.43. The van der Waals surface area contributed by atoms with Gasteiger partial charge in [0.2, 0.25) is 0 Å². The Morgan fingerprint density at radius 3 is 2.27 bits per heavy atom. The summed E-state index contributed by atoms with van der Waals surface area (Å²) in [5, 5.41) is 0. The first-order valence-corrected chi connectivity index (χ1v) is 6.48. The minimum absolute atomic E-state index is 0.0582. The van der Waals surface area contributed by atoms with Gasteiger partial charge in [0, 0.05) is 6.67 Å². The van der Waals surface area contributed by atoms with Crippen LogP contribution in [0.15, 0.2) is 0 Å². The second-order valence-corrected chi connectivity index (χ2v) is 4.52. The van der Waals surface area contributed by atoms with Crippen LogP contribution in [0.3, 0.4) is 0 Å². The van der Waals surface area contributed by atoms with Crippen LogP contribution in [0.1, 0.15) is 27.2 Å². The van der Waals surface area contributed by atoms with Crippen molar-refractivity contribution in [1.29, 1.82) is 0 Å². The lowest BCUT2D eigenvalue weighted by Crippen LogP contribution is -2.35. The summed E-state index contributed by atoms with van der Waals surface area (Å²) in [6.07, 6.45) is 1.34. The van der Waals surface area contributed by atoms with Crippen molar-refractivity contribution in [3.8, 4) is 0 Å². The van der Waals surface area contributed by atoms with Crippen LogP contribution in [0.4, 0.5) is 0 Å². The van der Waals surface area contributed by atoms with Crippen molar-refractivity contribution in [3.63, 3.8) is 0 Å². The van der Waals surface area contributed by atoms with E-state index in [9.17, 15) is 0 Å². The summed E-state index contributed by atoms with van der Waals surface area (Å²) in [7, 11) is 0.0582. The van der Waals surface area contributed by atoms with E-state index in [2.05, 4.69) is 30.7 Å². The lowest BCUT2D eigenvalue weighted by Gasteiger charge is -2.18. The van der Waals surface area contributed by atoms with E-state index >= 15 is 0 Å². The van der Waals surface area contributed by atoms with Crippen molar-refractivity contribution in [3.05, 3.63) is 0 Å². The molecule has 0 rings (SSSR count). The highest BCUT2D eigenvalue weighted by atomic mass is 28.2. The van der Waals surface area contributed by atoms with E-state index in [1.54, 1.807) is 0 Å². The van der Waals surface area contributed by atoms with E-state index in [0.717, 1.165) is 6.67 Å². The number of nitrogens with one attached hydrogen (secondary N) is 1. The van der Waals surface area contributed by atoms with Gasteiger partial charge in [-0.25, -0.2) is 0 Å². The monoisotopic (exact) mass is 174 g/mol. The molecule has 0 aliphatic heterocycles. The first-order valence-electron chi connectivity index (χ1n) is 4.78. The number of hydrogen-bond acceptors (Lipinski definition) is 2. The number of rotatable bonds is 7. The van der Waals surface area contributed by atoms with Gasteiger partial charge in [0.1, 0.15) is 0 Å². The van der Waals surface area contributed by atoms with Gasteiger partial charge in [0.15, 0.2) is 0 Å². The van der Waals surface area contributed by atoms with Crippen molar-refractivity contribution in [2.45, 2.75) is 33.2 Å². The van der Waals surface area contributed by atoms with E-state index in [0.29, 0.717) is 0 Å². The van der Waals surface area contributed by atoms with Crippen molar-refractivity contribution in [2.24, 2.45) is 0 Å². The molecule has 11 heavy (non-hydrogen) atoms. The van der Waals surface area contributed by atoms with Crippen LogP contribution in [-0.2, 0) is 0 Å². The Morgan fingerprint density at radius 1 is 1.18 bits per heavy atom. The third-order valence-electron chi connectivity index (χ3n) is 1.94. The van der Waals surface area contributed by atoms with Gasteiger partial charge in [0.25, 0.3) is 0 Å². The average Bonchev–Trinajstić information content (AvgIpc) is 2.05. The molecule has 0 aromatic heterocycles. The van der Waals surface area contributed by atoms with Gasteiger partial charge in [0.05, 0.1) is 9.68 Å². The zero-order valence-corrected chi connectivity index (χ0v) is 9.60.